The van der Waals surface area contributed by atoms with Crippen LogP contribution in [0.15, 0.2) is 30.5 Å². The highest BCUT2D eigenvalue weighted by Crippen LogP contribution is 2.05. The largest absolute Gasteiger partial charge is 0.473 e. The molecule has 1 atom stereocenters. The molecule has 0 saturated carbocycles. The Morgan fingerprint density at radius 3 is 2.85 bits per heavy atom. The molecule has 7 heteroatoms. The molecule has 104 valence electrons. The van der Waals surface area contributed by atoms with Crippen LogP contribution in [0.4, 0.5) is 0 Å². The Hall–Kier alpha value is -2.01. The summed E-state index contributed by atoms with van der Waals surface area (Å²) >= 11 is 1.06. The van der Waals surface area contributed by atoms with Crippen molar-refractivity contribution in [1.82, 2.24) is 14.1 Å². The molecule has 0 bridgehead atoms. The number of benzene rings is 1. The van der Waals surface area contributed by atoms with E-state index in [1.165, 1.54) is 6.20 Å². The van der Waals surface area contributed by atoms with Crippen LogP contribution in [0.1, 0.15) is 11.1 Å². The van der Waals surface area contributed by atoms with Crippen LogP contribution < -0.4 is 10.1 Å². The number of hydrogen-bond donors (Lipinski definition) is 2. The summed E-state index contributed by atoms with van der Waals surface area (Å²) in [6.45, 7) is 1.21. The fourth-order valence-electron chi connectivity index (χ4n) is 1.54. The number of rotatable bonds is 7. The second kappa shape index (κ2) is 7.55. The molecule has 1 aromatic heterocycles. The van der Waals surface area contributed by atoms with Crippen LogP contribution in [0.3, 0.4) is 0 Å². The number of nitrogens with one attached hydrogen (secondary N) is 1. The Balaban J connectivity index is 1.65. The summed E-state index contributed by atoms with van der Waals surface area (Å²) in [5, 5.41) is 21.5. The third kappa shape index (κ3) is 4.59. The van der Waals surface area contributed by atoms with Crippen molar-refractivity contribution in [1.29, 1.82) is 5.26 Å². The molecule has 0 radical (unpaired) electrons. The van der Waals surface area contributed by atoms with Gasteiger partial charge in [0.25, 0.3) is 0 Å². The molecule has 1 unspecified atom stereocenters. The number of aromatic nitrogens is 2. The third-order valence-corrected chi connectivity index (χ3v) is 3.02. The molecule has 0 aliphatic carbocycles. The van der Waals surface area contributed by atoms with Crippen molar-refractivity contribution < 1.29 is 9.84 Å². The predicted octanol–water partition coefficient (Wildman–Crippen LogP) is 0.939. The van der Waals surface area contributed by atoms with Gasteiger partial charge in [0.05, 0.1) is 23.4 Å². The molecule has 2 N–H and O–H groups in total. The summed E-state index contributed by atoms with van der Waals surface area (Å²) in [6.07, 6.45) is 0.900. The molecular formula is C13H14N4O2S. The van der Waals surface area contributed by atoms with E-state index in [-0.39, 0.29) is 6.61 Å². The van der Waals surface area contributed by atoms with E-state index in [1.807, 2.05) is 12.1 Å². The van der Waals surface area contributed by atoms with Gasteiger partial charge >= 0.3 is 0 Å². The van der Waals surface area contributed by atoms with Gasteiger partial charge in [-0.3, -0.25) is 0 Å². The van der Waals surface area contributed by atoms with E-state index in [9.17, 15) is 5.11 Å². The van der Waals surface area contributed by atoms with Gasteiger partial charge in [0.15, 0.2) is 0 Å². The zero-order valence-electron chi connectivity index (χ0n) is 10.7. The normalized spacial score (nSPS) is 11.8. The summed E-state index contributed by atoms with van der Waals surface area (Å²) in [4.78, 5) is 0. The van der Waals surface area contributed by atoms with Crippen LogP contribution in [0.2, 0.25) is 0 Å². The molecule has 0 spiro atoms. The minimum atomic E-state index is -0.616. The first-order valence-electron chi connectivity index (χ1n) is 6.06. The highest BCUT2D eigenvalue weighted by Gasteiger charge is 2.06. The second-order valence-corrected chi connectivity index (χ2v) is 4.71. The summed E-state index contributed by atoms with van der Waals surface area (Å²) in [5.41, 5.74) is 1.69. The topological polar surface area (TPSA) is 91.1 Å². The molecule has 0 saturated heterocycles. The highest BCUT2D eigenvalue weighted by molar-refractivity contribution is 6.99. The number of ether oxygens (including phenoxy) is 1. The lowest BCUT2D eigenvalue weighted by atomic mass is 10.1. The Kier molecular flexibility index (Phi) is 5.43. The van der Waals surface area contributed by atoms with Gasteiger partial charge in [0.2, 0.25) is 5.88 Å². The molecular weight excluding hydrogens is 276 g/mol. The standard InChI is InChI=1S/C13H14N4O2S/c14-5-10-1-3-11(4-2-10)6-15-7-12(18)9-19-13-8-16-20-17-13/h1-4,8,12,15,18H,6-7,9H2. The molecule has 0 aliphatic rings. The smallest absolute Gasteiger partial charge is 0.245 e. The fraction of sp³-hybridized carbons (Fsp3) is 0.308. The number of aliphatic hydroxyl groups excluding tert-OH is 1. The fourth-order valence-corrected chi connectivity index (χ4v) is 1.91. The first-order valence-corrected chi connectivity index (χ1v) is 6.79. The molecule has 6 nitrogen and oxygen atoms in total. The van der Waals surface area contributed by atoms with E-state index < -0.39 is 6.10 Å². The summed E-state index contributed by atoms with van der Waals surface area (Å²) < 4.78 is 12.9. The van der Waals surface area contributed by atoms with Gasteiger partial charge < -0.3 is 15.2 Å². The number of nitrogens with zero attached hydrogens (tertiary/aromatic N) is 3. The van der Waals surface area contributed by atoms with Gasteiger partial charge in [-0.15, -0.1) is 4.37 Å². The van der Waals surface area contributed by atoms with E-state index in [2.05, 4.69) is 20.1 Å². The van der Waals surface area contributed by atoms with E-state index >= 15 is 0 Å². The minimum absolute atomic E-state index is 0.172. The van der Waals surface area contributed by atoms with Crippen LogP contribution in [0.25, 0.3) is 0 Å². The Morgan fingerprint density at radius 1 is 1.40 bits per heavy atom. The van der Waals surface area contributed by atoms with Gasteiger partial charge in [-0.2, -0.15) is 9.64 Å². The maximum Gasteiger partial charge on any atom is 0.245 e. The average Bonchev–Trinajstić information content (AvgIpc) is 2.99. The molecule has 0 amide bonds. The highest BCUT2D eigenvalue weighted by atomic mass is 32.1. The monoisotopic (exact) mass is 290 g/mol. The first-order chi connectivity index (χ1) is 9.78. The van der Waals surface area contributed by atoms with Crippen LogP contribution in [-0.2, 0) is 6.54 Å². The van der Waals surface area contributed by atoms with E-state index in [4.69, 9.17) is 10.00 Å². The van der Waals surface area contributed by atoms with Gasteiger partial charge in [0, 0.05) is 13.1 Å². The predicted molar refractivity (Wildman–Crippen MR) is 74.3 cm³/mol. The van der Waals surface area contributed by atoms with Gasteiger partial charge in [-0.1, -0.05) is 12.1 Å². The van der Waals surface area contributed by atoms with Crippen molar-refractivity contribution in [3.63, 3.8) is 0 Å². The Morgan fingerprint density at radius 2 is 2.20 bits per heavy atom. The molecule has 1 aromatic carbocycles. The minimum Gasteiger partial charge on any atom is -0.473 e. The summed E-state index contributed by atoms with van der Waals surface area (Å²) in [6, 6.07) is 9.38. The maximum atomic E-state index is 9.73. The zero-order valence-corrected chi connectivity index (χ0v) is 11.5. The van der Waals surface area contributed by atoms with Crippen LogP contribution >= 0.6 is 11.7 Å². The van der Waals surface area contributed by atoms with Crippen molar-refractivity contribution in [3.8, 4) is 11.9 Å². The van der Waals surface area contributed by atoms with Crippen LogP contribution in [0.5, 0.6) is 5.88 Å². The second-order valence-electron chi connectivity index (χ2n) is 4.15. The van der Waals surface area contributed by atoms with E-state index in [0.717, 1.165) is 17.3 Å². The Labute approximate surface area is 121 Å². The third-order valence-electron chi connectivity index (χ3n) is 2.56. The van der Waals surface area contributed by atoms with Crippen molar-refractivity contribution in [2.24, 2.45) is 0 Å². The molecule has 0 aliphatic heterocycles. The summed E-state index contributed by atoms with van der Waals surface area (Å²) in [5.74, 6) is 0.432. The quantitative estimate of drug-likeness (QED) is 0.788. The molecule has 2 rings (SSSR count). The number of aliphatic hydroxyl groups is 1. The van der Waals surface area contributed by atoms with Crippen molar-refractivity contribution in [2.45, 2.75) is 12.6 Å². The first kappa shape index (κ1) is 14.4. The number of nitriles is 1. The van der Waals surface area contributed by atoms with Crippen molar-refractivity contribution in [3.05, 3.63) is 41.6 Å². The lowest BCUT2D eigenvalue weighted by Gasteiger charge is -2.11. The van der Waals surface area contributed by atoms with E-state index in [1.54, 1.807) is 12.1 Å². The van der Waals surface area contributed by atoms with Crippen molar-refractivity contribution >= 4 is 11.7 Å². The molecule has 20 heavy (non-hydrogen) atoms. The van der Waals surface area contributed by atoms with Gasteiger partial charge in [0.1, 0.15) is 18.9 Å². The number of hydrogen-bond acceptors (Lipinski definition) is 7. The van der Waals surface area contributed by atoms with Crippen LogP contribution in [0, 0.1) is 11.3 Å². The lowest BCUT2D eigenvalue weighted by Crippen LogP contribution is -2.31. The van der Waals surface area contributed by atoms with Crippen LogP contribution in [-0.4, -0.2) is 33.1 Å². The molecule has 2 aromatic rings. The SMILES string of the molecule is N#Cc1ccc(CNCC(O)COc2cnsn2)cc1. The zero-order chi connectivity index (χ0) is 14.2. The van der Waals surface area contributed by atoms with E-state index in [0.29, 0.717) is 24.5 Å². The molecule has 0 fully saturated rings. The lowest BCUT2D eigenvalue weighted by molar-refractivity contribution is 0.104. The average molecular weight is 290 g/mol. The van der Waals surface area contributed by atoms with Gasteiger partial charge in [-0.05, 0) is 17.7 Å². The Bertz CT molecular complexity index is 551. The molecule has 1 heterocycles. The maximum absolute atomic E-state index is 9.73. The van der Waals surface area contributed by atoms with Crippen molar-refractivity contribution in [2.75, 3.05) is 13.2 Å². The van der Waals surface area contributed by atoms with Gasteiger partial charge in [-0.25, -0.2) is 0 Å². The summed E-state index contributed by atoms with van der Waals surface area (Å²) in [7, 11) is 0.